The van der Waals surface area contributed by atoms with Crippen LogP contribution < -0.4 is 4.48 Å². The quantitative estimate of drug-likeness (QED) is 0.129. The van der Waals surface area contributed by atoms with Gasteiger partial charge in [-0.15, -0.1) is 0 Å². The standard InChI is InChI=1S/C25H32N3O4/c1-28(2,3)23-11-9-10-21(19-23)25(29)32-17-8-6-4-5-7-15-26-16-14-20-18-22(27(30)31)12-13-24(20)26/h9-14,16,18-19H,4-8,15,17H2,1-3H3/q+1. The zero-order chi connectivity index (χ0) is 23.1. The van der Waals surface area contributed by atoms with Gasteiger partial charge in [0.25, 0.3) is 5.69 Å². The summed E-state index contributed by atoms with van der Waals surface area (Å²) in [4.78, 5) is 22.8. The SMILES string of the molecule is C[N+](C)(C)c1cccc(C(=O)OCCCCCCCn2ccc3cc([N+](=O)[O-])ccc32)c1. The van der Waals surface area contributed by atoms with Crippen LogP contribution in [0, 0.1) is 10.1 Å². The first-order valence-electron chi connectivity index (χ1n) is 11.1. The number of nitrogens with zero attached hydrogens (tertiary/aromatic N) is 3. The number of aryl methyl sites for hydroxylation is 1. The van der Waals surface area contributed by atoms with Crippen LogP contribution in [-0.2, 0) is 11.3 Å². The average molecular weight is 439 g/mol. The van der Waals surface area contributed by atoms with Gasteiger partial charge in [0.2, 0.25) is 0 Å². The van der Waals surface area contributed by atoms with Crippen molar-refractivity contribution >= 4 is 28.2 Å². The molecule has 3 rings (SSSR count). The molecule has 0 fully saturated rings. The molecule has 0 saturated heterocycles. The Morgan fingerprint density at radius 2 is 1.75 bits per heavy atom. The maximum atomic E-state index is 12.3. The number of aromatic nitrogens is 1. The minimum absolute atomic E-state index is 0.122. The van der Waals surface area contributed by atoms with E-state index in [4.69, 9.17) is 4.74 Å². The highest BCUT2D eigenvalue weighted by Crippen LogP contribution is 2.22. The summed E-state index contributed by atoms with van der Waals surface area (Å²) in [6.07, 6.45) is 7.08. The first kappa shape index (κ1) is 23.5. The van der Waals surface area contributed by atoms with Crippen LogP contribution in [0.2, 0.25) is 0 Å². The predicted molar refractivity (Wildman–Crippen MR) is 128 cm³/mol. The van der Waals surface area contributed by atoms with E-state index in [0.29, 0.717) is 16.7 Å². The highest BCUT2D eigenvalue weighted by Gasteiger charge is 2.15. The second-order valence-electron chi connectivity index (χ2n) is 8.98. The van der Waals surface area contributed by atoms with E-state index in [9.17, 15) is 14.9 Å². The van der Waals surface area contributed by atoms with Crippen molar-refractivity contribution in [3.05, 3.63) is 70.4 Å². The van der Waals surface area contributed by atoms with E-state index >= 15 is 0 Å². The summed E-state index contributed by atoms with van der Waals surface area (Å²) in [6, 6.07) is 14.5. The Hall–Kier alpha value is -3.19. The van der Waals surface area contributed by atoms with Crippen LogP contribution in [0.4, 0.5) is 11.4 Å². The average Bonchev–Trinajstić information content (AvgIpc) is 3.17. The smallest absolute Gasteiger partial charge is 0.338 e. The Bertz CT molecular complexity index is 1080. The molecule has 0 bridgehead atoms. The Balaban J connectivity index is 1.33. The first-order valence-corrected chi connectivity index (χ1v) is 11.1. The van der Waals surface area contributed by atoms with Gasteiger partial charge in [-0.2, -0.15) is 0 Å². The zero-order valence-corrected chi connectivity index (χ0v) is 19.1. The number of unbranched alkanes of at least 4 members (excludes halogenated alkanes) is 4. The van der Waals surface area contributed by atoms with E-state index in [1.165, 1.54) is 0 Å². The number of carbonyl (C=O) groups is 1. The monoisotopic (exact) mass is 438 g/mol. The molecule has 7 nitrogen and oxygen atoms in total. The molecule has 2 aromatic carbocycles. The summed E-state index contributed by atoms with van der Waals surface area (Å²) < 4.78 is 8.23. The maximum Gasteiger partial charge on any atom is 0.338 e. The number of nitro benzene ring substituents is 1. The number of rotatable bonds is 11. The Morgan fingerprint density at radius 3 is 2.50 bits per heavy atom. The van der Waals surface area contributed by atoms with Crippen LogP contribution in [0.15, 0.2) is 54.7 Å². The highest BCUT2D eigenvalue weighted by molar-refractivity contribution is 5.90. The normalized spacial score (nSPS) is 11.6. The van der Waals surface area contributed by atoms with Crippen molar-refractivity contribution in [1.29, 1.82) is 0 Å². The van der Waals surface area contributed by atoms with Crippen LogP contribution in [-0.4, -0.2) is 43.2 Å². The minimum Gasteiger partial charge on any atom is -0.462 e. The van der Waals surface area contributed by atoms with Gasteiger partial charge in [0, 0.05) is 41.8 Å². The summed E-state index contributed by atoms with van der Waals surface area (Å²) >= 11 is 0. The van der Waals surface area contributed by atoms with Crippen molar-refractivity contribution in [3.63, 3.8) is 0 Å². The molecule has 0 aliphatic rings. The second kappa shape index (κ2) is 10.4. The molecule has 0 amide bonds. The Kier molecular flexibility index (Phi) is 7.64. The minimum atomic E-state index is -0.365. The first-order chi connectivity index (χ1) is 15.3. The van der Waals surface area contributed by atoms with Gasteiger partial charge in [0.15, 0.2) is 0 Å². The summed E-state index contributed by atoms with van der Waals surface area (Å²) in [5, 5.41) is 11.8. The lowest BCUT2D eigenvalue weighted by molar-refractivity contribution is -0.384. The molecule has 3 aromatic rings. The number of quaternary nitrogens is 1. The summed E-state index contributed by atoms with van der Waals surface area (Å²) in [6.45, 7) is 1.33. The summed E-state index contributed by atoms with van der Waals surface area (Å²) in [5.41, 5.74) is 2.81. The fourth-order valence-electron chi connectivity index (χ4n) is 3.71. The van der Waals surface area contributed by atoms with E-state index in [1.807, 2.05) is 36.5 Å². The molecule has 7 heteroatoms. The molecule has 0 spiro atoms. The van der Waals surface area contributed by atoms with Crippen molar-refractivity contribution in [2.45, 2.75) is 38.6 Å². The van der Waals surface area contributed by atoms with Gasteiger partial charge in [-0.3, -0.25) is 14.6 Å². The van der Waals surface area contributed by atoms with Crippen LogP contribution in [0.1, 0.15) is 42.5 Å². The number of carbonyl (C=O) groups excluding carboxylic acids is 1. The molecule has 1 aromatic heterocycles. The molecule has 0 N–H and O–H groups in total. The zero-order valence-electron chi connectivity index (χ0n) is 19.1. The largest absolute Gasteiger partial charge is 0.462 e. The van der Waals surface area contributed by atoms with Crippen molar-refractivity contribution in [2.75, 3.05) is 27.7 Å². The lowest BCUT2D eigenvalue weighted by atomic mass is 10.1. The maximum absolute atomic E-state index is 12.3. The van der Waals surface area contributed by atoms with E-state index in [1.54, 1.807) is 18.2 Å². The molecule has 170 valence electrons. The van der Waals surface area contributed by atoms with Crippen molar-refractivity contribution in [2.24, 2.45) is 0 Å². The molecule has 0 aliphatic heterocycles. The van der Waals surface area contributed by atoms with E-state index in [2.05, 4.69) is 25.7 Å². The van der Waals surface area contributed by atoms with Gasteiger partial charge in [0.05, 0.1) is 38.2 Å². The van der Waals surface area contributed by atoms with Crippen LogP contribution in [0.25, 0.3) is 10.9 Å². The molecule has 0 radical (unpaired) electrons. The van der Waals surface area contributed by atoms with Crippen LogP contribution in [0.3, 0.4) is 0 Å². The van der Waals surface area contributed by atoms with Gasteiger partial charge in [0.1, 0.15) is 5.69 Å². The molecule has 1 heterocycles. The fourth-order valence-corrected chi connectivity index (χ4v) is 3.71. The topological polar surface area (TPSA) is 74.4 Å². The predicted octanol–water partition coefficient (Wildman–Crippen LogP) is 5.55. The number of benzene rings is 2. The molecule has 0 aliphatic carbocycles. The fraction of sp³-hybridized carbons (Fsp3) is 0.400. The van der Waals surface area contributed by atoms with Crippen LogP contribution in [0.5, 0.6) is 0 Å². The van der Waals surface area contributed by atoms with E-state index in [0.717, 1.165) is 55.2 Å². The highest BCUT2D eigenvalue weighted by atomic mass is 16.6. The van der Waals surface area contributed by atoms with Crippen molar-refractivity contribution < 1.29 is 14.5 Å². The number of esters is 1. The number of fused-ring (bicyclic) bond motifs is 1. The molecule has 0 unspecified atom stereocenters. The van der Waals surface area contributed by atoms with E-state index < -0.39 is 0 Å². The molecular formula is C25H32N3O4+. The number of ether oxygens (including phenoxy) is 1. The molecule has 0 saturated carbocycles. The lowest BCUT2D eigenvalue weighted by Gasteiger charge is -2.23. The second-order valence-corrected chi connectivity index (χ2v) is 8.98. The third-order valence-corrected chi connectivity index (χ3v) is 5.60. The van der Waals surface area contributed by atoms with Crippen molar-refractivity contribution in [3.8, 4) is 0 Å². The number of hydrogen-bond donors (Lipinski definition) is 0. The summed E-state index contributed by atoms with van der Waals surface area (Å²) in [7, 11) is 6.19. The Morgan fingerprint density at radius 1 is 1.00 bits per heavy atom. The van der Waals surface area contributed by atoms with Gasteiger partial charge in [-0.1, -0.05) is 25.3 Å². The van der Waals surface area contributed by atoms with Gasteiger partial charge in [-0.25, -0.2) is 4.79 Å². The number of hydrogen-bond acceptors (Lipinski definition) is 4. The van der Waals surface area contributed by atoms with Gasteiger partial charge in [-0.05, 0) is 37.1 Å². The summed E-state index contributed by atoms with van der Waals surface area (Å²) in [5.74, 6) is -0.264. The third kappa shape index (κ3) is 6.17. The molecular weight excluding hydrogens is 406 g/mol. The Labute approximate surface area is 189 Å². The van der Waals surface area contributed by atoms with Gasteiger partial charge >= 0.3 is 5.97 Å². The molecule has 32 heavy (non-hydrogen) atoms. The lowest BCUT2D eigenvalue weighted by Crippen LogP contribution is -2.34. The van der Waals surface area contributed by atoms with E-state index in [-0.39, 0.29) is 16.6 Å². The number of non-ortho nitro benzene ring substituents is 1. The third-order valence-electron chi connectivity index (χ3n) is 5.60. The van der Waals surface area contributed by atoms with Crippen molar-refractivity contribution in [1.82, 2.24) is 9.05 Å². The van der Waals surface area contributed by atoms with Crippen LogP contribution >= 0.6 is 0 Å². The number of nitro groups is 1. The molecule has 0 atom stereocenters. The van der Waals surface area contributed by atoms with Gasteiger partial charge < -0.3 is 9.30 Å².